The lowest BCUT2D eigenvalue weighted by Crippen LogP contribution is -2.25. The molecule has 1 amide bonds. The largest absolute Gasteiger partial charge is 0.301 e. The summed E-state index contributed by atoms with van der Waals surface area (Å²) in [5.41, 5.74) is 1.15. The van der Waals surface area contributed by atoms with E-state index in [0.29, 0.717) is 22.4 Å². The average Bonchev–Trinajstić information content (AvgIpc) is 2.97. The van der Waals surface area contributed by atoms with E-state index in [1.165, 1.54) is 23.1 Å². The highest BCUT2D eigenvalue weighted by molar-refractivity contribution is 8.00. The van der Waals surface area contributed by atoms with Crippen LogP contribution in [0.4, 0.5) is 5.13 Å². The summed E-state index contributed by atoms with van der Waals surface area (Å²) in [5.74, 6) is -0.128. The van der Waals surface area contributed by atoms with Crippen molar-refractivity contribution in [2.24, 2.45) is 0 Å². The summed E-state index contributed by atoms with van der Waals surface area (Å²) in [4.78, 5) is 32.6. The Morgan fingerprint density at radius 2 is 2.17 bits per heavy atom. The molecule has 1 aliphatic carbocycles. The Kier molecular flexibility index (Phi) is 5.30. The molecule has 0 fully saturated rings. The Bertz CT molecular complexity index is 778. The van der Waals surface area contributed by atoms with Gasteiger partial charge in [-0.25, -0.2) is 4.98 Å². The van der Waals surface area contributed by atoms with Gasteiger partial charge in [-0.3, -0.25) is 14.6 Å². The molecule has 1 atom stereocenters. The van der Waals surface area contributed by atoms with Gasteiger partial charge in [-0.15, -0.1) is 21.5 Å². The second-order valence-corrected chi connectivity index (χ2v) is 7.92. The monoisotopic (exact) mass is 365 g/mol. The number of nitrogens with zero attached hydrogens (tertiary/aromatic N) is 3. The topological polar surface area (TPSA) is 101 Å². The van der Waals surface area contributed by atoms with Gasteiger partial charge in [0.05, 0.1) is 10.9 Å². The van der Waals surface area contributed by atoms with Crippen LogP contribution in [0.1, 0.15) is 42.5 Å². The standard InChI is InChI=1S/C15H19N5O2S2/c1-3-10(23-15-17-12(21)8(2)19-20-15)13(22)18-14-16-9-6-4-5-7-11(9)24-14/h10H,3-7H2,1-2H3,(H,16,18,22)(H,17,20,21)/t10-/m1/s1. The Hall–Kier alpha value is -1.74. The molecule has 2 N–H and O–H groups in total. The Morgan fingerprint density at radius 3 is 2.88 bits per heavy atom. The number of thioether (sulfide) groups is 1. The minimum atomic E-state index is -0.362. The van der Waals surface area contributed by atoms with Crippen molar-refractivity contribution in [1.82, 2.24) is 20.2 Å². The van der Waals surface area contributed by atoms with Gasteiger partial charge in [-0.1, -0.05) is 18.7 Å². The SMILES string of the molecule is CC[C@@H](Sc1nnc(C)c(=O)[nH]1)C(=O)Nc1nc2c(s1)CCCC2. The van der Waals surface area contributed by atoms with Crippen LogP contribution in [0.3, 0.4) is 0 Å². The first-order valence-electron chi connectivity index (χ1n) is 7.96. The maximum atomic E-state index is 12.5. The summed E-state index contributed by atoms with van der Waals surface area (Å²) in [6.45, 7) is 3.51. The third kappa shape index (κ3) is 3.84. The van der Waals surface area contributed by atoms with Crippen LogP contribution in [0.5, 0.6) is 0 Å². The van der Waals surface area contributed by atoms with Crippen molar-refractivity contribution in [1.29, 1.82) is 0 Å². The van der Waals surface area contributed by atoms with Gasteiger partial charge in [0, 0.05) is 4.88 Å². The van der Waals surface area contributed by atoms with Crippen molar-refractivity contribution in [2.45, 2.75) is 56.4 Å². The molecule has 3 rings (SSSR count). The number of aromatic amines is 1. The molecule has 2 aromatic rings. The Labute approximate surface area is 147 Å². The fourth-order valence-electron chi connectivity index (χ4n) is 2.48. The van der Waals surface area contributed by atoms with Crippen LogP contribution >= 0.6 is 23.1 Å². The van der Waals surface area contributed by atoms with Gasteiger partial charge in [0.15, 0.2) is 10.3 Å². The highest BCUT2D eigenvalue weighted by Crippen LogP contribution is 2.30. The van der Waals surface area contributed by atoms with E-state index in [2.05, 4.69) is 25.5 Å². The molecule has 2 aromatic heterocycles. The normalized spacial score (nSPS) is 14.9. The molecule has 1 aliphatic rings. The first-order valence-corrected chi connectivity index (χ1v) is 9.66. The van der Waals surface area contributed by atoms with E-state index in [9.17, 15) is 9.59 Å². The number of thiazole rings is 1. The van der Waals surface area contributed by atoms with Gasteiger partial charge in [-0.2, -0.15) is 0 Å². The Morgan fingerprint density at radius 1 is 1.38 bits per heavy atom. The number of hydrogen-bond donors (Lipinski definition) is 2. The number of hydrogen-bond acceptors (Lipinski definition) is 7. The molecule has 9 heteroatoms. The number of fused-ring (bicyclic) bond motifs is 1. The molecule has 2 heterocycles. The molecule has 0 radical (unpaired) electrons. The summed E-state index contributed by atoms with van der Waals surface area (Å²) in [6.07, 6.45) is 5.01. The zero-order valence-corrected chi connectivity index (χ0v) is 15.2. The van der Waals surface area contributed by atoms with Crippen LogP contribution in [0, 0.1) is 6.92 Å². The highest BCUT2D eigenvalue weighted by Gasteiger charge is 2.22. The molecular weight excluding hydrogens is 346 g/mol. The third-order valence-electron chi connectivity index (χ3n) is 3.83. The molecule has 0 unspecified atom stereocenters. The predicted molar refractivity (Wildman–Crippen MR) is 94.7 cm³/mol. The van der Waals surface area contributed by atoms with Gasteiger partial charge < -0.3 is 5.32 Å². The van der Waals surface area contributed by atoms with Gasteiger partial charge in [-0.05, 0) is 39.0 Å². The lowest BCUT2D eigenvalue weighted by Gasteiger charge is -2.12. The second kappa shape index (κ2) is 7.43. The Balaban J connectivity index is 1.68. The van der Waals surface area contributed by atoms with Gasteiger partial charge in [0.2, 0.25) is 5.91 Å². The number of anilines is 1. The first kappa shape index (κ1) is 17.1. The summed E-state index contributed by atoms with van der Waals surface area (Å²) >= 11 is 2.77. The maximum Gasteiger partial charge on any atom is 0.273 e. The molecule has 0 saturated carbocycles. The number of H-pyrrole nitrogens is 1. The third-order valence-corrected chi connectivity index (χ3v) is 6.14. The smallest absolute Gasteiger partial charge is 0.273 e. The minimum Gasteiger partial charge on any atom is -0.301 e. The van der Waals surface area contributed by atoms with Gasteiger partial charge in [0.25, 0.3) is 5.56 Å². The van der Waals surface area contributed by atoms with Crippen LogP contribution in [0.2, 0.25) is 0 Å². The maximum absolute atomic E-state index is 12.5. The summed E-state index contributed by atoms with van der Waals surface area (Å²) in [6, 6.07) is 0. The van der Waals surface area contributed by atoms with Crippen LogP contribution in [0.15, 0.2) is 9.95 Å². The fraction of sp³-hybridized carbons (Fsp3) is 0.533. The van der Waals surface area contributed by atoms with Crippen molar-refractivity contribution in [3.63, 3.8) is 0 Å². The van der Waals surface area contributed by atoms with E-state index in [4.69, 9.17) is 0 Å². The molecule has 0 saturated heterocycles. The minimum absolute atomic E-state index is 0.128. The highest BCUT2D eigenvalue weighted by atomic mass is 32.2. The van der Waals surface area contributed by atoms with E-state index in [0.717, 1.165) is 25.0 Å². The molecular formula is C15H19N5O2S2. The number of carbonyl (C=O) groups excluding carboxylic acids is 1. The zero-order chi connectivity index (χ0) is 17.1. The lowest BCUT2D eigenvalue weighted by atomic mass is 10.0. The second-order valence-electron chi connectivity index (χ2n) is 5.64. The number of nitrogens with one attached hydrogen (secondary N) is 2. The van der Waals surface area contributed by atoms with Crippen LogP contribution in [0.25, 0.3) is 0 Å². The van der Waals surface area contributed by atoms with Crippen molar-refractivity contribution >= 4 is 34.1 Å². The lowest BCUT2D eigenvalue weighted by molar-refractivity contribution is -0.115. The van der Waals surface area contributed by atoms with Crippen LogP contribution in [-0.2, 0) is 17.6 Å². The van der Waals surface area contributed by atoms with Crippen molar-refractivity contribution < 1.29 is 4.79 Å². The molecule has 7 nitrogen and oxygen atoms in total. The number of carbonyl (C=O) groups is 1. The quantitative estimate of drug-likeness (QED) is 0.789. The van der Waals surface area contributed by atoms with E-state index < -0.39 is 0 Å². The summed E-state index contributed by atoms with van der Waals surface area (Å²) < 4.78 is 0. The van der Waals surface area contributed by atoms with Crippen LogP contribution < -0.4 is 10.9 Å². The van der Waals surface area contributed by atoms with Crippen molar-refractivity contribution in [2.75, 3.05) is 5.32 Å². The van der Waals surface area contributed by atoms with Gasteiger partial charge in [0.1, 0.15) is 5.69 Å². The van der Waals surface area contributed by atoms with Crippen molar-refractivity contribution in [3.8, 4) is 0 Å². The van der Waals surface area contributed by atoms with Crippen LogP contribution in [-0.4, -0.2) is 31.3 Å². The number of amides is 1. The molecule has 128 valence electrons. The molecule has 0 spiro atoms. The number of rotatable bonds is 5. The molecule has 0 aromatic carbocycles. The molecule has 0 bridgehead atoms. The zero-order valence-electron chi connectivity index (χ0n) is 13.6. The first-order chi connectivity index (χ1) is 11.6. The summed E-state index contributed by atoms with van der Waals surface area (Å²) in [5, 5.41) is 11.3. The predicted octanol–water partition coefficient (Wildman–Crippen LogP) is 2.32. The van der Waals surface area contributed by atoms with E-state index in [1.54, 1.807) is 18.3 Å². The fourth-order valence-corrected chi connectivity index (χ4v) is 4.37. The van der Waals surface area contributed by atoms with E-state index in [-0.39, 0.29) is 16.7 Å². The summed E-state index contributed by atoms with van der Waals surface area (Å²) in [7, 11) is 0. The van der Waals surface area contributed by atoms with Gasteiger partial charge >= 0.3 is 0 Å². The number of aromatic nitrogens is 4. The van der Waals surface area contributed by atoms with Crippen molar-refractivity contribution in [3.05, 3.63) is 26.6 Å². The molecule has 0 aliphatic heterocycles. The van der Waals surface area contributed by atoms with E-state index in [1.807, 2.05) is 6.92 Å². The number of aryl methyl sites for hydroxylation is 3. The average molecular weight is 365 g/mol. The molecule has 24 heavy (non-hydrogen) atoms. The van der Waals surface area contributed by atoms with E-state index >= 15 is 0 Å².